The first-order chi connectivity index (χ1) is 11.5. The Labute approximate surface area is 149 Å². The summed E-state index contributed by atoms with van der Waals surface area (Å²) in [5.74, 6) is 1.29. The van der Waals surface area contributed by atoms with Crippen molar-refractivity contribution in [2.24, 2.45) is 5.92 Å². The molecule has 0 aromatic heterocycles. The average molecular weight is 358 g/mol. The number of amides is 1. The summed E-state index contributed by atoms with van der Waals surface area (Å²) in [4.78, 5) is 12.2. The number of ether oxygens (including phenoxy) is 3. The Balaban J connectivity index is 2.69. The molecule has 0 saturated heterocycles. The summed E-state index contributed by atoms with van der Waals surface area (Å²) in [5.41, 5.74) is 0.449. The highest BCUT2D eigenvalue weighted by molar-refractivity contribution is 6.32. The third kappa shape index (κ3) is 6.97. The van der Waals surface area contributed by atoms with Crippen LogP contribution in [0.4, 0.5) is 0 Å². The van der Waals surface area contributed by atoms with Gasteiger partial charge < -0.3 is 19.5 Å². The first-order valence-corrected chi connectivity index (χ1v) is 8.73. The first-order valence-electron chi connectivity index (χ1n) is 8.35. The molecule has 1 amide bonds. The predicted molar refractivity (Wildman–Crippen MR) is 96.4 cm³/mol. The highest BCUT2D eigenvalue weighted by atomic mass is 35.5. The Morgan fingerprint density at radius 1 is 1.29 bits per heavy atom. The Kier molecular flexibility index (Phi) is 9.57. The summed E-state index contributed by atoms with van der Waals surface area (Å²) in [6.45, 7) is 8.60. The van der Waals surface area contributed by atoms with E-state index in [0.29, 0.717) is 54.4 Å². The average Bonchev–Trinajstić information content (AvgIpc) is 2.55. The Bertz CT molecular complexity index is 520. The molecule has 1 aromatic rings. The van der Waals surface area contributed by atoms with Crippen LogP contribution in [0, 0.1) is 5.92 Å². The maximum absolute atomic E-state index is 12.2. The van der Waals surface area contributed by atoms with Crippen LogP contribution in [-0.4, -0.2) is 39.4 Å². The van der Waals surface area contributed by atoms with E-state index in [0.717, 1.165) is 12.8 Å². The highest BCUT2D eigenvalue weighted by Gasteiger charge is 2.16. The molecular weight excluding hydrogens is 330 g/mol. The molecule has 0 radical (unpaired) electrons. The standard InChI is InChI=1S/C18H28ClNO4/c1-5-23-9-6-8-20-18(21)14-11-15(19)17(16(12-14)22-4)24-10-7-13(2)3/h11-13H,5-10H2,1-4H3,(H,20,21). The van der Waals surface area contributed by atoms with Crippen LogP contribution in [0.25, 0.3) is 0 Å². The molecule has 0 atom stereocenters. The zero-order valence-electron chi connectivity index (χ0n) is 15.0. The Morgan fingerprint density at radius 2 is 2.04 bits per heavy atom. The molecule has 1 N–H and O–H groups in total. The van der Waals surface area contributed by atoms with E-state index in [2.05, 4.69) is 19.2 Å². The number of benzene rings is 1. The number of rotatable bonds is 11. The summed E-state index contributed by atoms with van der Waals surface area (Å²) < 4.78 is 16.3. The fourth-order valence-electron chi connectivity index (χ4n) is 2.01. The molecule has 5 nitrogen and oxygen atoms in total. The van der Waals surface area contributed by atoms with Crippen LogP contribution < -0.4 is 14.8 Å². The molecule has 24 heavy (non-hydrogen) atoms. The first kappa shape index (κ1) is 20.6. The van der Waals surface area contributed by atoms with Gasteiger partial charge in [-0.2, -0.15) is 0 Å². The number of methoxy groups -OCH3 is 1. The van der Waals surface area contributed by atoms with Gasteiger partial charge in [-0.05, 0) is 37.8 Å². The lowest BCUT2D eigenvalue weighted by Gasteiger charge is -2.15. The van der Waals surface area contributed by atoms with E-state index in [1.807, 2.05) is 6.92 Å². The van der Waals surface area contributed by atoms with E-state index >= 15 is 0 Å². The van der Waals surface area contributed by atoms with Crippen molar-refractivity contribution in [3.63, 3.8) is 0 Å². The van der Waals surface area contributed by atoms with Gasteiger partial charge in [0.2, 0.25) is 0 Å². The zero-order valence-corrected chi connectivity index (χ0v) is 15.7. The number of nitrogens with one attached hydrogen (secondary N) is 1. The van der Waals surface area contributed by atoms with Gasteiger partial charge in [0, 0.05) is 25.3 Å². The number of hydrogen-bond acceptors (Lipinski definition) is 4. The fourth-order valence-corrected chi connectivity index (χ4v) is 2.28. The summed E-state index contributed by atoms with van der Waals surface area (Å²) in [6.07, 6.45) is 1.68. The second-order valence-electron chi connectivity index (χ2n) is 5.83. The normalized spacial score (nSPS) is 10.8. The monoisotopic (exact) mass is 357 g/mol. The van der Waals surface area contributed by atoms with Gasteiger partial charge in [0.05, 0.1) is 18.7 Å². The van der Waals surface area contributed by atoms with E-state index < -0.39 is 0 Å². The van der Waals surface area contributed by atoms with Crippen molar-refractivity contribution in [1.29, 1.82) is 0 Å². The van der Waals surface area contributed by atoms with Crippen LogP contribution in [0.1, 0.15) is 44.0 Å². The Morgan fingerprint density at radius 3 is 2.67 bits per heavy atom. The van der Waals surface area contributed by atoms with E-state index in [1.54, 1.807) is 12.1 Å². The fraction of sp³-hybridized carbons (Fsp3) is 0.611. The summed E-state index contributed by atoms with van der Waals surface area (Å²) in [5, 5.41) is 3.21. The molecule has 0 aliphatic heterocycles. The van der Waals surface area contributed by atoms with E-state index in [-0.39, 0.29) is 5.91 Å². The van der Waals surface area contributed by atoms with Gasteiger partial charge in [0.25, 0.3) is 5.91 Å². The van der Waals surface area contributed by atoms with Gasteiger partial charge in [-0.1, -0.05) is 25.4 Å². The third-order valence-corrected chi connectivity index (χ3v) is 3.67. The summed E-state index contributed by atoms with van der Waals surface area (Å²) in [7, 11) is 1.53. The van der Waals surface area contributed by atoms with Gasteiger partial charge >= 0.3 is 0 Å². The predicted octanol–water partition coefficient (Wildman–Crippen LogP) is 3.93. The summed E-state index contributed by atoms with van der Waals surface area (Å²) >= 11 is 6.27. The second kappa shape index (κ2) is 11.2. The van der Waals surface area contributed by atoms with Gasteiger partial charge in [-0.25, -0.2) is 0 Å². The van der Waals surface area contributed by atoms with Crippen LogP contribution in [-0.2, 0) is 4.74 Å². The van der Waals surface area contributed by atoms with Crippen molar-refractivity contribution >= 4 is 17.5 Å². The Hall–Kier alpha value is -1.46. The smallest absolute Gasteiger partial charge is 0.251 e. The van der Waals surface area contributed by atoms with Crippen molar-refractivity contribution in [3.8, 4) is 11.5 Å². The number of carbonyl (C=O) groups is 1. The van der Waals surface area contributed by atoms with Crippen LogP contribution in [0.5, 0.6) is 11.5 Å². The van der Waals surface area contributed by atoms with Gasteiger partial charge in [0.15, 0.2) is 11.5 Å². The number of hydrogen-bond donors (Lipinski definition) is 1. The van der Waals surface area contributed by atoms with Gasteiger partial charge in [0.1, 0.15) is 0 Å². The largest absolute Gasteiger partial charge is 0.493 e. The summed E-state index contributed by atoms with van der Waals surface area (Å²) in [6, 6.07) is 3.25. The van der Waals surface area contributed by atoms with Crippen LogP contribution in [0.2, 0.25) is 5.02 Å². The van der Waals surface area contributed by atoms with E-state index in [9.17, 15) is 4.79 Å². The van der Waals surface area contributed by atoms with Crippen LogP contribution in [0.3, 0.4) is 0 Å². The maximum Gasteiger partial charge on any atom is 0.251 e. The lowest BCUT2D eigenvalue weighted by atomic mass is 10.1. The molecule has 0 heterocycles. The van der Waals surface area contributed by atoms with Crippen LogP contribution >= 0.6 is 11.6 Å². The molecule has 136 valence electrons. The molecule has 0 spiro atoms. The topological polar surface area (TPSA) is 56.8 Å². The van der Waals surface area contributed by atoms with E-state index in [4.69, 9.17) is 25.8 Å². The molecule has 1 rings (SSSR count). The minimum absolute atomic E-state index is 0.194. The van der Waals surface area contributed by atoms with Crippen molar-refractivity contribution < 1.29 is 19.0 Å². The van der Waals surface area contributed by atoms with Crippen molar-refractivity contribution in [2.75, 3.05) is 33.5 Å². The molecular formula is C18H28ClNO4. The number of carbonyl (C=O) groups excluding carboxylic acids is 1. The third-order valence-electron chi connectivity index (χ3n) is 3.39. The quantitative estimate of drug-likeness (QED) is 0.609. The van der Waals surface area contributed by atoms with Crippen molar-refractivity contribution in [2.45, 2.75) is 33.6 Å². The molecule has 0 saturated carbocycles. The SMILES string of the molecule is CCOCCCNC(=O)c1cc(Cl)c(OCCC(C)C)c(OC)c1. The molecule has 0 bridgehead atoms. The lowest BCUT2D eigenvalue weighted by molar-refractivity contribution is 0.0944. The second-order valence-corrected chi connectivity index (χ2v) is 6.23. The molecule has 1 aromatic carbocycles. The van der Waals surface area contributed by atoms with Crippen molar-refractivity contribution in [1.82, 2.24) is 5.32 Å². The molecule has 0 unspecified atom stereocenters. The minimum atomic E-state index is -0.194. The molecule has 0 aliphatic rings. The zero-order chi connectivity index (χ0) is 17.9. The lowest BCUT2D eigenvalue weighted by Crippen LogP contribution is -2.25. The van der Waals surface area contributed by atoms with Gasteiger partial charge in [-0.3, -0.25) is 4.79 Å². The molecule has 0 fully saturated rings. The highest BCUT2D eigenvalue weighted by Crippen LogP contribution is 2.36. The van der Waals surface area contributed by atoms with Crippen molar-refractivity contribution in [3.05, 3.63) is 22.7 Å². The van der Waals surface area contributed by atoms with Crippen LogP contribution in [0.15, 0.2) is 12.1 Å². The number of halogens is 1. The van der Waals surface area contributed by atoms with E-state index in [1.165, 1.54) is 7.11 Å². The maximum atomic E-state index is 12.2. The molecule has 6 heteroatoms. The minimum Gasteiger partial charge on any atom is -0.493 e. The molecule has 0 aliphatic carbocycles. The van der Waals surface area contributed by atoms with Gasteiger partial charge in [-0.15, -0.1) is 0 Å².